The quantitative estimate of drug-likeness (QED) is 0.492. The molecule has 0 fully saturated rings. The van der Waals surface area contributed by atoms with E-state index in [0.717, 1.165) is 33.5 Å². The summed E-state index contributed by atoms with van der Waals surface area (Å²) in [6.45, 7) is 0.700. The Kier molecular flexibility index (Phi) is 4.56. The van der Waals surface area contributed by atoms with Crippen LogP contribution >= 0.6 is 0 Å². The monoisotopic (exact) mass is 396 g/mol. The molecule has 0 aliphatic carbocycles. The third-order valence-electron chi connectivity index (χ3n) is 5.22. The van der Waals surface area contributed by atoms with Crippen molar-refractivity contribution in [2.75, 3.05) is 13.8 Å². The number of pyridine rings is 1. The van der Waals surface area contributed by atoms with Gasteiger partial charge in [-0.1, -0.05) is 54.6 Å². The number of fused-ring (bicyclic) bond motifs is 2. The molecule has 0 radical (unpaired) electrons. The van der Waals surface area contributed by atoms with Crippen molar-refractivity contribution in [2.24, 2.45) is 0 Å². The topological polar surface area (TPSA) is 51.7 Å². The van der Waals surface area contributed by atoms with Gasteiger partial charge in [0.15, 0.2) is 11.5 Å². The van der Waals surface area contributed by atoms with Gasteiger partial charge in [-0.25, -0.2) is 4.98 Å². The molecule has 1 aliphatic heterocycles. The lowest BCUT2D eigenvalue weighted by molar-refractivity contribution is 0.0787. The van der Waals surface area contributed by atoms with Gasteiger partial charge in [-0.3, -0.25) is 4.79 Å². The Balaban J connectivity index is 1.50. The van der Waals surface area contributed by atoms with Gasteiger partial charge in [0, 0.05) is 24.5 Å². The number of amides is 1. The molecule has 1 aromatic heterocycles. The van der Waals surface area contributed by atoms with Crippen LogP contribution in [0.25, 0.3) is 22.2 Å². The van der Waals surface area contributed by atoms with Gasteiger partial charge in [-0.2, -0.15) is 0 Å². The minimum atomic E-state index is -0.0524. The second kappa shape index (κ2) is 7.52. The summed E-state index contributed by atoms with van der Waals surface area (Å²) in [6, 6.07) is 25.3. The van der Waals surface area contributed by atoms with E-state index in [-0.39, 0.29) is 12.7 Å². The number of nitrogens with zero attached hydrogens (tertiary/aromatic N) is 2. The fourth-order valence-corrected chi connectivity index (χ4v) is 3.70. The predicted molar refractivity (Wildman–Crippen MR) is 116 cm³/mol. The van der Waals surface area contributed by atoms with E-state index >= 15 is 0 Å². The summed E-state index contributed by atoms with van der Waals surface area (Å²) >= 11 is 0. The van der Waals surface area contributed by atoms with Gasteiger partial charge >= 0.3 is 0 Å². The average molecular weight is 396 g/mol. The number of benzene rings is 3. The summed E-state index contributed by atoms with van der Waals surface area (Å²) in [4.78, 5) is 19.9. The van der Waals surface area contributed by atoms with Gasteiger partial charge in [-0.15, -0.1) is 0 Å². The Labute approximate surface area is 174 Å². The summed E-state index contributed by atoms with van der Waals surface area (Å²) in [7, 11) is 1.81. The maximum absolute atomic E-state index is 13.4. The molecular weight excluding hydrogens is 376 g/mol. The molecular formula is C25H20N2O3. The van der Waals surface area contributed by atoms with E-state index < -0.39 is 0 Å². The van der Waals surface area contributed by atoms with Crippen LogP contribution in [0.15, 0.2) is 78.9 Å². The molecule has 148 valence electrons. The third kappa shape index (κ3) is 3.35. The zero-order valence-corrected chi connectivity index (χ0v) is 16.5. The highest BCUT2D eigenvalue weighted by Gasteiger charge is 2.19. The highest BCUT2D eigenvalue weighted by atomic mass is 16.7. The second-order valence-corrected chi connectivity index (χ2v) is 7.29. The number of hydrogen-bond acceptors (Lipinski definition) is 4. The van der Waals surface area contributed by atoms with Crippen LogP contribution in [0.3, 0.4) is 0 Å². The molecule has 0 saturated heterocycles. The minimum absolute atomic E-state index is 0.0524. The van der Waals surface area contributed by atoms with Crippen LogP contribution < -0.4 is 9.47 Å². The number of hydrogen-bond donors (Lipinski definition) is 0. The molecule has 1 amide bonds. The highest BCUT2D eigenvalue weighted by Crippen LogP contribution is 2.33. The number of aromatic nitrogens is 1. The van der Waals surface area contributed by atoms with Crippen molar-refractivity contribution < 1.29 is 14.3 Å². The first-order chi connectivity index (χ1) is 14.7. The Morgan fingerprint density at radius 1 is 0.933 bits per heavy atom. The van der Waals surface area contributed by atoms with Crippen LogP contribution in [0, 0.1) is 0 Å². The van der Waals surface area contributed by atoms with Crippen molar-refractivity contribution in [3.8, 4) is 22.8 Å². The van der Waals surface area contributed by atoms with Crippen LogP contribution in [0.4, 0.5) is 0 Å². The van der Waals surface area contributed by atoms with Crippen LogP contribution in [0.1, 0.15) is 15.9 Å². The molecule has 2 heterocycles. The van der Waals surface area contributed by atoms with Gasteiger partial charge in [-0.05, 0) is 29.8 Å². The molecule has 0 unspecified atom stereocenters. The van der Waals surface area contributed by atoms with Gasteiger partial charge < -0.3 is 14.4 Å². The Morgan fingerprint density at radius 3 is 2.57 bits per heavy atom. The molecule has 1 aliphatic rings. The largest absolute Gasteiger partial charge is 0.454 e. The van der Waals surface area contributed by atoms with Gasteiger partial charge in [0.25, 0.3) is 5.91 Å². The molecule has 30 heavy (non-hydrogen) atoms. The van der Waals surface area contributed by atoms with E-state index in [1.807, 2.05) is 85.9 Å². The summed E-state index contributed by atoms with van der Waals surface area (Å²) in [5.41, 5.74) is 4.20. The lowest BCUT2D eigenvalue weighted by Crippen LogP contribution is -2.26. The standard InChI is InChI=1S/C25H20N2O3/c1-27(15-17-11-12-23-24(13-17)30-16-29-23)25(28)20-14-22(18-7-3-2-4-8-18)26-21-10-6-5-9-19(20)21/h2-14H,15-16H2,1H3. The molecule has 0 N–H and O–H groups in total. The van der Waals surface area contributed by atoms with Crippen molar-refractivity contribution in [3.05, 3.63) is 90.0 Å². The first-order valence-electron chi connectivity index (χ1n) is 9.78. The molecule has 3 aromatic carbocycles. The zero-order valence-electron chi connectivity index (χ0n) is 16.5. The fraction of sp³-hybridized carbons (Fsp3) is 0.120. The van der Waals surface area contributed by atoms with Gasteiger partial charge in [0.2, 0.25) is 6.79 Å². The normalized spacial score (nSPS) is 12.2. The smallest absolute Gasteiger partial charge is 0.254 e. The summed E-state index contributed by atoms with van der Waals surface area (Å²) in [6.07, 6.45) is 0. The summed E-state index contributed by atoms with van der Waals surface area (Å²) in [5.74, 6) is 1.40. The molecule has 5 heteroatoms. The van der Waals surface area contributed by atoms with E-state index in [2.05, 4.69) is 0 Å². The number of carbonyl (C=O) groups excluding carboxylic acids is 1. The van der Waals surface area contributed by atoms with Crippen LogP contribution in [0.2, 0.25) is 0 Å². The lowest BCUT2D eigenvalue weighted by atomic mass is 10.0. The third-order valence-corrected chi connectivity index (χ3v) is 5.22. The molecule has 5 rings (SSSR count). The second-order valence-electron chi connectivity index (χ2n) is 7.29. The lowest BCUT2D eigenvalue weighted by Gasteiger charge is -2.19. The molecule has 5 nitrogen and oxygen atoms in total. The first-order valence-corrected chi connectivity index (χ1v) is 9.78. The maximum atomic E-state index is 13.4. The summed E-state index contributed by atoms with van der Waals surface area (Å²) in [5, 5.41) is 0.847. The number of para-hydroxylation sites is 1. The van der Waals surface area contributed by atoms with E-state index in [9.17, 15) is 4.79 Å². The fourth-order valence-electron chi connectivity index (χ4n) is 3.70. The number of ether oxygens (including phenoxy) is 2. The van der Waals surface area contributed by atoms with Crippen molar-refractivity contribution in [2.45, 2.75) is 6.54 Å². The Morgan fingerprint density at radius 2 is 1.70 bits per heavy atom. The zero-order chi connectivity index (χ0) is 20.5. The average Bonchev–Trinajstić information content (AvgIpc) is 3.26. The molecule has 0 spiro atoms. The first kappa shape index (κ1) is 18.2. The molecule has 0 saturated carbocycles. The predicted octanol–water partition coefficient (Wildman–Crippen LogP) is 4.90. The molecule has 0 atom stereocenters. The molecule has 0 bridgehead atoms. The summed E-state index contributed by atoms with van der Waals surface area (Å²) < 4.78 is 10.8. The van der Waals surface area contributed by atoms with E-state index in [0.29, 0.717) is 17.9 Å². The number of carbonyl (C=O) groups is 1. The maximum Gasteiger partial charge on any atom is 0.254 e. The van der Waals surface area contributed by atoms with Crippen LogP contribution in [-0.2, 0) is 6.54 Å². The highest BCUT2D eigenvalue weighted by molar-refractivity contribution is 6.07. The minimum Gasteiger partial charge on any atom is -0.454 e. The Hall–Kier alpha value is -3.86. The van der Waals surface area contributed by atoms with E-state index in [1.165, 1.54) is 0 Å². The van der Waals surface area contributed by atoms with Gasteiger partial charge in [0.05, 0.1) is 16.8 Å². The Bertz CT molecular complexity index is 1240. The van der Waals surface area contributed by atoms with Gasteiger partial charge in [0.1, 0.15) is 0 Å². The number of rotatable bonds is 4. The van der Waals surface area contributed by atoms with E-state index in [4.69, 9.17) is 14.5 Å². The molecule has 4 aromatic rings. The van der Waals surface area contributed by atoms with Crippen molar-refractivity contribution in [3.63, 3.8) is 0 Å². The van der Waals surface area contributed by atoms with Crippen LogP contribution in [-0.4, -0.2) is 29.6 Å². The van der Waals surface area contributed by atoms with Crippen LogP contribution in [0.5, 0.6) is 11.5 Å². The van der Waals surface area contributed by atoms with E-state index in [1.54, 1.807) is 4.90 Å². The van der Waals surface area contributed by atoms with Crippen molar-refractivity contribution in [1.82, 2.24) is 9.88 Å². The van der Waals surface area contributed by atoms with Crippen molar-refractivity contribution >= 4 is 16.8 Å². The van der Waals surface area contributed by atoms with Crippen molar-refractivity contribution in [1.29, 1.82) is 0 Å². The SMILES string of the molecule is CN(Cc1ccc2c(c1)OCO2)C(=O)c1cc(-c2ccccc2)nc2ccccc12.